The molecule has 4 N–H and O–H groups in total. The van der Waals surface area contributed by atoms with E-state index in [4.69, 9.17) is 18.0 Å². The number of nitrogens with one attached hydrogen (secondary N) is 2. The van der Waals surface area contributed by atoms with E-state index in [0.29, 0.717) is 25.9 Å². The van der Waals surface area contributed by atoms with Gasteiger partial charge in [-0.2, -0.15) is 0 Å². The molecule has 0 aromatic carbocycles. The molecule has 0 radical (unpaired) electrons. The maximum absolute atomic E-state index is 12.2. The van der Waals surface area contributed by atoms with Crippen LogP contribution in [0.2, 0.25) is 0 Å². The number of carbonyl (C=O) groups is 2. The number of hydrogen-bond donors (Lipinski definition) is 3. The summed E-state index contributed by atoms with van der Waals surface area (Å²) in [7, 11) is 0. The quantitative estimate of drug-likeness (QED) is 0.555. The van der Waals surface area contributed by atoms with Crippen LogP contribution in [0.3, 0.4) is 0 Å². The second-order valence-corrected chi connectivity index (χ2v) is 4.95. The fourth-order valence-electron chi connectivity index (χ4n) is 1.84. The third-order valence-electron chi connectivity index (χ3n) is 3.32. The summed E-state index contributed by atoms with van der Waals surface area (Å²) in [5.41, 5.74) is 4.89. The van der Waals surface area contributed by atoms with Gasteiger partial charge >= 0.3 is 0 Å². The van der Waals surface area contributed by atoms with Gasteiger partial charge in [-0.05, 0) is 19.3 Å². The number of carbonyl (C=O) groups excluding carboxylic acids is 2. The molecule has 0 aliphatic rings. The van der Waals surface area contributed by atoms with Gasteiger partial charge in [-0.3, -0.25) is 9.59 Å². The smallest absolute Gasteiger partial charge is 0.233 e. The van der Waals surface area contributed by atoms with Gasteiger partial charge in [0.05, 0.1) is 10.4 Å². The highest BCUT2D eigenvalue weighted by molar-refractivity contribution is 7.80. The SMILES string of the molecule is CCCNC(=O)CCNC(=O)C(CC)(CC)C(N)=S. The Bertz CT molecular complexity index is 328. The molecule has 0 aliphatic heterocycles. The molecule has 2 amide bonds. The molecule has 0 aliphatic carbocycles. The van der Waals surface area contributed by atoms with E-state index in [9.17, 15) is 9.59 Å². The number of amides is 2. The molecule has 6 heteroatoms. The Morgan fingerprint density at radius 1 is 1.11 bits per heavy atom. The van der Waals surface area contributed by atoms with Gasteiger partial charge in [-0.1, -0.05) is 33.0 Å². The largest absolute Gasteiger partial charge is 0.392 e. The van der Waals surface area contributed by atoms with E-state index in [-0.39, 0.29) is 23.2 Å². The van der Waals surface area contributed by atoms with E-state index in [1.54, 1.807) is 0 Å². The molecule has 0 rings (SSSR count). The minimum atomic E-state index is -0.796. The van der Waals surface area contributed by atoms with E-state index in [1.165, 1.54) is 0 Å². The van der Waals surface area contributed by atoms with Crippen molar-refractivity contribution in [3.63, 3.8) is 0 Å². The van der Waals surface area contributed by atoms with Crippen LogP contribution in [-0.4, -0.2) is 29.9 Å². The van der Waals surface area contributed by atoms with Crippen molar-refractivity contribution in [3.8, 4) is 0 Å². The fraction of sp³-hybridized carbons (Fsp3) is 0.769. The summed E-state index contributed by atoms with van der Waals surface area (Å²) in [4.78, 5) is 23.8. The average Bonchev–Trinajstić information content (AvgIpc) is 2.38. The van der Waals surface area contributed by atoms with Gasteiger partial charge in [0.2, 0.25) is 11.8 Å². The van der Waals surface area contributed by atoms with Crippen molar-refractivity contribution in [2.45, 2.75) is 46.5 Å². The first-order valence-electron chi connectivity index (χ1n) is 6.79. The minimum Gasteiger partial charge on any atom is -0.392 e. The molecule has 0 saturated carbocycles. The van der Waals surface area contributed by atoms with Crippen LogP contribution < -0.4 is 16.4 Å². The van der Waals surface area contributed by atoms with E-state index < -0.39 is 5.41 Å². The second-order valence-electron chi connectivity index (χ2n) is 4.51. The van der Waals surface area contributed by atoms with Crippen LogP contribution >= 0.6 is 12.2 Å². The zero-order chi connectivity index (χ0) is 14.9. The third-order valence-corrected chi connectivity index (χ3v) is 3.71. The molecule has 0 bridgehead atoms. The van der Waals surface area contributed by atoms with Gasteiger partial charge in [0.15, 0.2) is 0 Å². The first-order chi connectivity index (χ1) is 8.94. The lowest BCUT2D eigenvalue weighted by Gasteiger charge is -2.28. The first kappa shape index (κ1) is 17.8. The number of nitrogens with two attached hydrogens (primary N) is 1. The van der Waals surface area contributed by atoms with Gasteiger partial charge in [0.25, 0.3) is 0 Å². The Morgan fingerprint density at radius 3 is 2.11 bits per heavy atom. The highest BCUT2D eigenvalue weighted by Crippen LogP contribution is 2.27. The van der Waals surface area contributed by atoms with Gasteiger partial charge in [-0.25, -0.2) is 0 Å². The predicted octanol–water partition coefficient (Wildman–Crippen LogP) is 1.11. The van der Waals surface area contributed by atoms with Crippen molar-refractivity contribution in [2.24, 2.45) is 11.1 Å². The fourth-order valence-corrected chi connectivity index (χ4v) is 2.22. The maximum Gasteiger partial charge on any atom is 0.233 e. The lowest BCUT2D eigenvalue weighted by molar-refractivity contribution is -0.128. The monoisotopic (exact) mass is 287 g/mol. The van der Waals surface area contributed by atoms with Crippen molar-refractivity contribution >= 4 is 29.0 Å². The molecule has 0 fully saturated rings. The van der Waals surface area contributed by atoms with Gasteiger partial charge in [0, 0.05) is 19.5 Å². The molecule has 0 saturated heterocycles. The van der Waals surface area contributed by atoms with Crippen LogP contribution in [0, 0.1) is 5.41 Å². The van der Waals surface area contributed by atoms with Crippen molar-refractivity contribution in [3.05, 3.63) is 0 Å². The van der Waals surface area contributed by atoms with Gasteiger partial charge in [0.1, 0.15) is 0 Å². The number of rotatable bonds is 9. The van der Waals surface area contributed by atoms with Crippen molar-refractivity contribution in [2.75, 3.05) is 13.1 Å². The standard InChI is InChI=1S/C13H25N3O2S/c1-4-8-15-10(17)7-9-16-12(18)13(5-2,6-3)11(14)19/h4-9H2,1-3H3,(H2,14,19)(H,15,17)(H,16,18). The summed E-state index contributed by atoms with van der Waals surface area (Å²) in [5, 5.41) is 5.50. The molecule has 0 unspecified atom stereocenters. The van der Waals surface area contributed by atoms with Crippen LogP contribution in [-0.2, 0) is 9.59 Å². The van der Waals surface area contributed by atoms with Gasteiger partial charge in [-0.15, -0.1) is 0 Å². The van der Waals surface area contributed by atoms with E-state index in [1.807, 2.05) is 20.8 Å². The Morgan fingerprint density at radius 2 is 1.68 bits per heavy atom. The molecule has 0 spiro atoms. The molecule has 5 nitrogen and oxygen atoms in total. The van der Waals surface area contributed by atoms with Gasteiger partial charge < -0.3 is 16.4 Å². The van der Waals surface area contributed by atoms with Crippen molar-refractivity contribution < 1.29 is 9.59 Å². The zero-order valence-electron chi connectivity index (χ0n) is 12.0. The zero-order valence-corrected chi connectivity index (χ0v) is 12.9. The Hall–Kier alpha value is -1.17. The molecule has 0 aromatic rings. The minimum absolute atomic E-state index is 0.0592. The van der Waals surface area contributed by atoms with Crippen LogP contribution in [0.1, 0.15) is 46.5 Å². The Labute approximate surface area is 120 Å². The molecule has 0 aromatic heterocycles. The lowest BCUT2D eigenvalue weighted by atomic mass is 9.81. The average molecular weight is 287 g/mol. The molecule has 110 valence electrons. The molecule has 0 heterocycles. The van der Waals surface area contributed by atoms with Crippen LogP contribution in [0.5, 0.6) is 0 Å². The summed E-state index contributed by atoms with van der Waals surface area (Å²) in [6.07, 6.45) is 2.29. The summed E-state index contributed by atoms with van der Waals surface area (Å²) < 4.78 is 0. The molecular formula is C13H25N3O2S. The Kier molecular flexibility index (Phi) is 8.30. The van der Waals surface area contributed by atoms with Crippen LogP contribution in [0.25, 0.3) is 0 Å². The summed E-state index contributed by atoms with van der Waals surface area (Å²) in [6.45, 7) is 6.72. The molecule has 19 heavy (non-hydrogen) atoms. The third kappa shape index (κ3) is 5.14. The van der Waals surface area contributed by atoms with E-state index >= 15 is 0 Å². The maximum atomic E-state index is 12.2. The molecular weight excluding hydrogens is 262 g/mol. The molecule has 0 atom stereocenters. The number of thiocarbonyl (C=S) groups is 1. The normalized spacial score (nSPS) is 10.9. The van der Waals surface area contributed by atoms with Crippen LogP contribution in [0.15, 0.2) is 0 Å². The van der Waals surface area contributed by atoms with Crippen molar-refractivity contribution in [1.29, 1.82) is 0 Å². The second kappa shape index (κ2) is 8.85. The highest BCUT2D eigenvalue weighted by Gasteiger charge is 2.37. The predicted molar refractivity (Wildman–Crippen MR) is 80.7 cm³/mol. The topological polar surface area (TPSA) is 84.2 Å². The highest BCUT2D eigenvalue weighted by atomic mass is 32.1. The summed E-state index contributed by atoms with van der Waals surface area (Å²) >= 11 is 5.00. The lowest BCUT2D eigenvalue weighted by Crippen LogP contribution is -2.48. The summed E-state index contributed by atoms with van der Waals surface area (Å²) in [5.74, 6) is -0.246. The number of hydrogen-bond acceptors (Lipinski definition) is 3. The van der Waals surface area contributed by atoms with Crippen molar-refractivity contribution in [1.82, 2.24) is 10.6 Å². The summed E-state index contributed by atoms with van der Waals surface area (Å²) in [6, 6.07) is 0. The first-order valence-corrected chi connectivity index (χ1v) is 7.20. The van der Waals surface area contributed by atoms with E-state index in [2.05, 4.69) is 10.6 Å². The Balaban J connectivity index is 4.29. The van der Waals surface area contributed by atoms with E-state index in [0.717, 1.165) is 6.42 Å². The van der Waals surface area contributed by atoms with Crippen LogP contribution in [0.4, 0.5) is 0 Å².